The lowest BCUT2D eigenvalue weighted by molar-refractivity contribution is -0.127. The van der Waals surface area contributed by atoms with Gasteiger partial charge in [0.05, 0.1) is 10.6 Å². The van der Waals surface area contributed by atoms with Gasteiger partial charge in [-0.15, -0.1) is 0 Å². The van der Waals surface area contributed by atoms with E-state index in [1.165, 1.54) is 12.1 Å². The second-order valence-electron chi connectivity index (χ2n) is 6.96. The van der Waals surface area contributed by atoms with Crippen LogP contribution in [0.3, 0.4) is 0 Å². The largest absolute Gasteiger partial charge is 0.481 e. The molecular formula is C21H28N2O4S. The molecule has 0 aliphatic carbocycles. The summed E-state index contributed by atoms with van der Waals surface area (Å²) >= 11 is 0. The molecule has 6 nitrogen and oxygen atoms in total. The topological polar surface area (TPSA) is 84.5 Å². The predicted octanol–water partition coefficient (Wildman–Crippen LogP) is 3.65. The van der Waals surface area contributed by atoms with Gasteiger partial charge in [-0.05, 0) is 69.5 Å². The maximum atomic E-state index is 12.8. The summed E-state index contributed by atoms with van der Waals surface area (Å²) in [6.07, 6.45) is 0.0462. The average Bonchev–Trinajstić information content (AvgIpc) is 2.63. The summed E-state index contributed by atoms with van der Waals surface area (Å²) in [6.45, 7) is 9.24. The molecule has 0 heterocycles. The molecule has 0 unspecified atom stereocenters. The lowest BCUT2D eigenvalue weighted by Gasteiger charge is -2.17. The van der Waals surface area contributed by atoms with Crippen LogP contribution in [0.1, 0.15) is 38.8 Å². The van der Waals surface area contributed by atoms with Crippen LogP contribution < -0.4 is 14.8 Å². The number of ether oxygens (including phenoxy) is 1. The van der Waals surface area contributed by atoms with Gasteiger partial charge in [0.2, 0.25) is 0 Å². The zero-order valence-electron chi connectivity index (χ0n) is 16.9. The van der Waals surface area contributed by atoms with Crippen LogP contribution in [0.5, 0.6) is 5.75 Å². The number of para-hydroxylation sites is 1. The smallest absolute Gasteiger partial charge is 0.261 e. The van der Waals surface area contributed by atoms with Gasteiger partial charge in [0.25, 0.3) is 15.9 Å². The number of aryl methyl sites for hydroxylation is 2. The summed E-state index contributed by atoms with van der Waals surface area (Å²) in [5.41, 5.74) is 2.42. The molecule has 1 atom stereocenters. The van der Waals surface area contributed by atoms with Gasteiger partial charge < -0.3 is 10.1 Å². The first kappa shape index (κ1) is 21.8. The Bertz CT molecular complexity index is 922. The van der Waals surface area contributed by atoms with E-state index in [4.69, 9.17) is 4.74 Å². The van der Waals surface area contributed by atoms with Crippen LogP contribution in [0.2, 0.25) is 0 Å². The lowest BCUT2D eigenvalue weighted by atomic mass is 10.1. The van der Waals surface area contributed by atoms with E-state index < -0.39 is 16.1 Å². The van der Waals surface area contributed by atoms with Crippen molar-refractivity contribution in [2.24, 2.45) is 0 Å². The second-order valence-corrected chi connectivity index (χ2v) is 8.65. The Labute approximate surface area is 167 Å². The Morgan fingerprint density at radius 1 is 1.07 bits per heavy atom. The van der Waals surface area contributed by atoms with Crippen molar-refractivity contribution in [2.75, 3.05) is 4.72 Å². The fourth-order valence-corrected chi connectivity index (χ4v) is 3.89. The highest BCUT2D eigenvalue weighted by Gasteiger charge is 2.19. The van der Waals surface area contributed by atoms with Gasteiger partial charge in [-0.2, -0.15) is 0 Å². The molecule has 152 valence electrons. The summed E-state index contributed by atoms with van der Waals surface area (Å²) < 4.78 is 33.8. The number of anilines is 1. The van der Waals surface area contributed by atoms with Crippen LogP contribution in [-0.2, 0) is 21.2 Å². The Morgan fingerprint density at radius 2 is 1.71 bits per heavy atom. The molecule has 2 rings (SSSR count). The van der Waals surface area contributed by atoms with Crippen molar-refractivity contribution in [3.8, 4) is 5.75 Å². The molecule has 1 amide bonds. The van der Waals surface area contributed by atoms with E-state index >= 15 is 0 Å². The van der Waals surface area contributed by atoms with Crippen molar-refractivity contribution < 1.29 is 17.9 Å². The number of hydrogen-bond acceptors (Lipinski definition) is 4. The number of nitrogens with one attached hydrogen (secondary N) is 2. The summed E-state index contributed by atoms with van der Waals surface area (Å²) in [6, 6.07) is 11.7. The third kappa shape index (κ3) is 5.48. The number of carbonyl (C=O) groups excluding carboxylic acids is 1. The third-order valence-corrected chi connectivity index (χ3v) is 5.59. The SMILES string of the molecule is CCc1cccc(C)c1NS(=O)(=O)c1ccc(O[C@H](C)C(=O)NC(C)C)cc1. The minimum Gasteiger partial charge on any atom is -0.481 e. The molecule has 2 aromatic rings. The molecule has 0 saturated heterocycles. The fraction of sp³-hybridized carbons (Fsp3) is 0.381. The van der Waals surface area contributed by atoms with Gasteiger partial charge in [0.1, 0.15) is 5.75 Å². The Hall–Kier alpha value is -2.54. The van der Waals surface area contributed by atoms with Crippen LogP contribution in [0.4, 0.5) is 5.69 Å². The van der Waals surface area contributed by atoms with E-state index in [0.717, 1.165) is 17.5 Å². The van der Waals surface area contributed by atoms with Gasteiger partial charge in [-0.3, -0.25) is 9.52 Å². The third-order valence-electron chi connectivity index (χ3n) is 4.22. The van der Waals surface area contributed by atoms with Crippen LogP contribution in [-0.4, -0.2) is 26.5 Å². The minimum atomic E-state index is -3.73. The van der Waals surface area contributed by atoms with E-state index in [-0.39, 0.29) is 16.8 Å². The van der Waals surface area contributed by atoms with Crippen LogP contribution >= 0.6 is 0 Å². The van der Waals surface area contributed by atoms with E-state index in [2.05, 4.69) is 10.0 Å². The highest BCUT2D eigenvalue weighted by molar-refractivity contribution is 7.92. The number of sulfonamides is 1. The first-order valence-corrected chi connectivity index (χ1v) is 10.8. The van der Waals surface area contributed by atoms with E-state index in [9.17, 15) is 13.2 Å². The summed E-state index contributed by atoms with van der Waals surface area (Å²) in [4.78, 5) is 12.1. The Balaban J connectivity index is 2.15. The van der Waals surface area contributed by atoms with Gasteiger partial charge in [-0.1, -0.05) is 25.1 Å². The quantitative estimate of drug-likeness (QED) is 0.703. The molecule has 2 aromatic carbocycles. The molecule has 0 aliphatic heterocycles. The maximum absolute atomic E-state index is 12.8. The van der Waals surface area contributed by atoms with Crippen molar-refractivity contribution in [3.05, 3.63) is 53.6 Å². The van der Waals surface area contributed by atoms with Crippen molar-refractivity contribution in [3.63, 3.8) is 0 Å². The monoisotopic (exact) mass is 404 g/mol. The van der Waals surface area contributed by atoms with Crippen LogP contribution in [0.15, 0.2) is 47.4 Å². The normalized spacial score (nSPS) is 12.5. The molecule has 0 aliphatic rings. The highest BCUT2D eigenvalue weighted by atomic mass is 32.2. The standard InChI is InChI=1S/C21H28N2O4S/c1-6-17-9-7-8-15(4)20(17)23-28(25,26)19-12-10-18(11-13-19)27-16(5)21(24)22-14(2)3/h7-14,16,23H,6H2,1-5H3,(H,22,24)/t16-/m1/s1. The van der Waals surface area contributed by atoms with Crippen LogP contribution in [0.25, 0.3) is 0 Å². The predicted molar refractivity (Wildman–Crippen MR) is 111 cm³/mol. The summed E-state index contributed by atoms with van der Waals surface area (Å²) in [5.74, 6) is 0.204. The zero-order chi connectivity index (χ0) is 20.9. The van der Waals surface area contributed by atoms with Crippen molar-refractivity contribution in [1.29, 1.82) is 0 Å². The summed E-state index contributed by atoms with van der Waals surface area (Å²) in [7, 11) is -3.73. The highest BCUT2D eigenvalue weighted by Crippen LogP contribution is 2.25. The minimum absolute atomic E-state index is 0.0200. The second kappa shape index (κ2) is 9.10. The molecule has 0 saturated carbocycles. The van der Waals surface area contributed by atoms with Gasteiger partial charge in [0.15, 0.2) is 6.10 Å². The van der Waals surface area contributed by atoms with E-state index in [1.54, 1.807) is 19.1 Å². The maximum Gasteiger partial charge on any atom is 0.261 e. The molecule has 0 bridgehead atoms. The van der Waals surface area contributed by atoms with Gasteiger partial charge >= 0.3 is 0 Å². The number of rotatable bonds is 8. The van der Waals surface area contributed by atoms with Gasteiger partial charge in [0, 0.05) is 6.04 Å². The zero-order valence-corrected chi connectivity index (χ0v) is 17.8. The lowest BCUT2D eigenvalue weighted by Crippen LogP contribution is -2.40. The first-order chi connectivity index (χ1) is 13.1. The summed E-state index contributed by atoms with van der Waals surface area (Å²) in [5, 5.41) is 2.77. The molecule has 2 N–H and O–H groups in total. The van der Waals surface area contributed by atoms with Crippen molar-refractivity contribution >= 4 is 21.6 Å². The van der Waals surface area contributed by atoms with E-state index in [0.29, 0.717) is 11.4 Å². The van der Waals surface area contributed by atoms with Crippen molar-refractivity contribution in [1.82, 2.24) is 5.32 Å². The molecule has 0 radical (unpaired) electrons. The number of amides is 1. The molecular weight excluding hydrogens is 376 g/mol. The molecule has 0 aromatic heterocycles. The molecule has 0 fully saturated rings. The van der Waals surface area contributed by atoms with Gasteiger partial charge in [-0.25, -0.2) is 8.42 Å². The average molecular weight is 405 g/mol. The van der Waals surface area contributed by atoms with Crippen LogP contribution in [0, 0.1) is 6.92 Å². The Kier molecular flexibility index (Phi) is 7.07. The van der Waals surface area contributed by atoms with Crippen molar-refractivity contribution in [2.45, 2.75) is 58.1 Å². The molecule has 0 spiro atoms. The fourth-order valence-electron chi connectivity index (χ4n) is 2.72. The van der Waals surface area contributed by atoms with E-state index in [1.807, 2.05) is 45.9 Å². The first-order valence-electron chi connectivity index (χ1n) is 9.32. The molecule has 7 heteroatoms. The number of hydrogen-bond donors (Lipinski definition) is 2. The molecule has 28 heavy (non-hydrogen) atoms. The number of benzene rings is 2. The number of carbonyl (C=O) groups is 1. The Morgan fingerprint density at radius 3 is 2.29 bits per heavy atom.